The van der Waals surface area contributed by atoms with E-state index in [1.807, 2.05) is 24.3 Å². The number of furan rings is 1. The molecule has 150 valence electrons. The van der Waals surface area contributed by atoms with E-state index in [0.29, 0.717) is 55.5 Å². The van der Waals surface area contributed by atoms with E-state index >= 15 is 0 Å². The van der Waals surface area contributed by atoms with Gasteiger partial charge in [0.05, 0.1) is 24.1 Å². The SMILES string of the molecule is CC(C)COc1ccccc1NC(=O)NC1CCN(C(=O)c2ccoc2)CC1. The Kier molecular flexibility index (Phi) is 6.57. The Morgan fingerprint density at radius 1 is 1.21 bits per heavy atom. The highest BCUT2D eigenvalue weighted by atomic mass is 16.5. The van der Waals surface area contributed by atoms with Gasteiger partial charge in [-0.05, 0) is 37.0 Å². The lowest BCUT2D eigenvalue weighted by Crippen LogP contribution is -2.47. The Labute approximate surface area is 165 Å². The number of anilines is 1. The zero-order valence-electron chi connectivity index (χ0n) is 16.3. The van der Waals surface area contributed by atoms with Gasteiger partial charge >= 0.3 is 6.03 Å². The number of nitrogens with one attached hydrogen (secondary N) is 2. The van der Waals surface area contributed by atoms with Gasteiger partial charge in [0.15, 0.2) is 0 Å². The Balaban J connectivity index is 1.48. The van der Waals surface area contributed by atoms with Crippen LogP contribution in [0.15, 0.2) is 47.3 Å². The van der Waals surface area contributed by atoms with Gasteiger partial charge in [-0.15, -0.1) is 0 Å². The van der Waals surface area contributed by atoms with Crippen molar-refractivity contribution < 1.29 is 18.7 Å². The second-order valence-corrected chi connectivity index (χ2v) is 7.38. The summed E-state index contributed by atoms with van der Waals surface area (Å²) in [5, 5.41) is 5.86. The number of likely N-dealkylation sites (tertiary alicyclic amines) is 1. The predicted molar refractivity (Wildman–Crippen MR) is 107 cm³/mol. The van der Waals surface area contributed by atoms with Crippen molar-refractivity contribution in [3.8, 4) is 5.75 Å². The minimum atomic E-state index is -0.264. The molecule has 3 rings (SSSR count). The zero-order chi connectivity index (χ0) is 19.9. The van der Waals surface area contributed by atoms with Crippen LogP contribution in [-0.4, -0.2) is 42.6 Å². The number of piperidine rings is 1. The maximum Gasteiger partial charge on any atom is 0.319 e. The quantitative estimate of drug-likeness (QED) is 0.793. The topological polar surface area (TPSA) is 83.8 Å². The van der Waals surface area contributed by atoms with Gasteiger partial charge in [0.2, 0.25) is 0 Å². The molecule has 0 unspecified atom stereocenters. The molecule has 3 amide bonds. The highest BCUT2D eigenvalue weighted by Crippen LogP contribution is 2.24. The lowest BCUT2D eigenvalue weighted by atomic mass is 10.0. The number of amides is 3. The number of carbonyl (C=O) groups is 2. The van der Waals surface area contributed by atoms with E-state index in [1.54, 1.807) is 11.0 Å². The molecule has 0 atom stereocenters. The minimum absolute atomic E-state index is 0.0251. The summed E-state index contributed by atoms with van der Waals surface area (Å²) in [6.45, 7) is 5.94. The van der Waals surface area contributed by atoms with Crippen LogP contribution < -0.4 is 15.4 Å². The number of para-hydroxylation sites is 2. The lowest BCUT2D eigenvalue weighted by Gasteiger charge is -2.32. The first-order valence-corrected chi connectivity index (χ1v) is 9.63. The van der Waals surface area contributed by atoms with Crippen LogP contribution in [0.5, 0.6) is 5.75 Å². The van der Waals surface area contributed by atoms with Gasteiger partial charge in [0.1, 0.15) is 12.0 Å². The number of benzene rings is 1. The van der Waals surface area contributed by atoms with Crippen LogP contribution in [-0.2, 0) is 0 Å². The van der Waals surface area contributed by atoms with Gasteiger partial charge in [-0.25, -0.2) is 4.79 Å². The third kappa shape index (κ3) is 5.28. The second-order valence-electron chi connectivity index (χ2n) is 7.38. The maximum absolute atomic E-state index is 12.4. The highest BCUT2D eigenvalue weighted by Gasteiger charge is 2.25. The van der Waals surface area contributed by atoms with E-state index in [0.717, 1.165) is 0 Å². The Hall–Kier alpha value is -2.96. The second kappa shape index (κ2) is 9.30. The molecule has 28 heavy (non-hydrogen) atoms. The normalized spacial score (nSPS) is 14.8. The summed E-state index contributed by atoms with van der Waals surface area (Å²) in [5.41, 5.74) is 1.20. The molecule has 0 aliphatic carbocycles. The Morgan fingerprint density at radius 3 is 2.64 bits per heavy atom. The van der Waals surface area contributed by atoms with Crippen LogP contribution in [0.25, 0.3) is 0 Å². The van der Waals surface area contributed by atoms with Crippen molar-refractivity contribution in [3.63, 3.8) is 0 Å². The summed E-state index contributed by atoms with van der Waals surface area (Å²) in [7, 11) is 0. The van der Waals surface area contributed by atoms with Crippen molar-refractivity contribution in [2.45, 2.75) is 32.7 Å². The van der Waals surface area contributed by atoms with E-state index in [-0.39, 0.29) is 18.0 Å². The molecule has 0 bridgehead atoms. The summed E-state index contributed by atoms with van der Waals surface area (Å²) < 4.78 is 10.7. The fourth-order valence-electron chi connectivity index (χ4n) is 3.09. The van der Waals surface area contributed by atoms with Gasteiger partial charge in [-0.1, -0.05) is 26.0 Å². The van der Waals surface area contributed by atoms with Crippen LogP contribution in [0.2, 0.25) is 0 Å². The van der Waals surface area contributed by atoms with Crippen molar-refractivity contribution in [2.75, 3.05) is 25.0 Å². The smallest absolute Gasteiger partial charge is 0.319 e. The molecule has 1 saturated heterocycles. The fourth-order valence-corrected chi connectivity index (χ4v) is 3.09. The summed E-state index contributed by atoms with van der Waals surface area (Å²) in [6, 6.07) is 8.83. The van der Waals surface area contributed by atoms with Crippen molar-refractivity contribution in [1.82, 2.24) is 10.2 Å². The average Bonchev–Trinajstić information content (AvgIpc) is 3.22. The maximum atomic E-state index is 12.4. The van der Waals surface area contributed by atoms with Crippen molar-refractivity contribution in [1.29, 1.82) is 0 Å². The molecule has 0 spiro atoms. The fraction of sp³-hybridized carbons (Fsp3) is 0.429. The number of nitrogens with zero attached hydrogens (tertiary/aromatic N) is 1. The molecule has 0 saturated carbocycles. The molecule has 7 nitrogen and oxygen atoms in total. The van der Waals surface area contributed by atoms with Crippen molar-refractivity contribution in [2.24, 2.45) is 5.92 Å². The molecule has 1 fully saturated rings. The van der Waals surface area contributed by atoms with Crippen LogP contribution in [0.3, 0.4) is 0 Å². The third-order valence-electron chi connectivity index (χ3n) is 4.59. The number of hydrogen-bond donors (Lipinski definition) is 2. The third-order valence-corrected chi connectivity index (χ3v) is 4.59. The molecule has 0 radical (unpaired) electrons. The van der Waals surface area contributed by atoms with E-state index in [1.165, 1.54) is 12.5 Å². The molecular formula is C21H27N3O4. The van der Waals surface area contributed by atoms with Gasteiger partial charge in [-0.2, -0.15) is 0 Å². The molecule has 1 aliphatic rings. The van der Waals surface area contributed by atoms with Crippen LogP contribution in [0, 0.1) is 5.92 Å². The molecule has 1 aromatic carbocycles. The first-order valence-electron chi connectivity index (χ1n) is 9.63. The highest BCUT2D eigenvalue weighted by molar-refractivity contribution is 5.94. The predicted octanol–water partition coefficient (Wildman–Crippen LogP) is 3.74. The van der Waals surface area contributed by atoms with Crippen LogP contribution in [0.4, 0.5) is 10.5 Å². The van der Waals surface area contributed by atoms with E-state index in [2.05, 4.69) is 24.5 Å². The number of ether oxygens (including phenoxy) is 1. The van der Waals surface area contributed by atoms with E-state index in [9.17, 15) is 9.59 Å². The molecule has 7 heteroatoms. The molecule has 2 aromatic rings. The summed E-state index contributed by atoms with van der Waals surface area (Å²) >= 11 is 0. The summed E-state index contributed by atoms with van der Waals surface area (Å²) in [6.07, 6.45) is 4.37. The van der Waals surface area contributed by atoms with Gasteiger partial charge in [0, 0.05) is 19.1 Å². The van der Waals surface area contributed by atoms with Crippen molar-refractivity contribution >= 4 is 17.6 Å². The van der Waals surface area contributed by atoms with E-state index in [4.69, 9.17) is 9.15 Å². The van der Waals surface area contributed by atoms with Crippen LogP contribution >= 0.6 is 0 Å². The molecule has 2 heterocycles. The van der Waals surface area contributed by atoms with Gasteiger partial charge < -0.3 is 24.7 Å². The molecule has 1 aromatic heterocycles. The zero-order valence-corrected chi connectivity index (χ0v) is 16.3. The number of rotatable bonds is 6. The minimum Gasteiger partial charge on any atom is -0.491 e. The first-order chi connectivity index (χ1) is 13.5. The largest absolute Gasteiger partial charge is 0.491 e. The van der Waals surface area contributed by atoms with Gasteiger partial charge in [-0.3, -0.25) is 4.79 Å². The molecular weight excluding hydrogens is 358 g/mol. The summed E-state index contributed by atoms with van der Waals surface area (Å²) in [5.74, 6) is 1.02. The molecule has 1 aliphatic heterocycles. The monoisotopic (exact) mass is 385 g/mol. The number of hydrogen-bond acceptors (Lipinski definition) is 4. The number of urea groups is 1. The van der Waals surface area contributed by atoms with E-state index < -0.39 is 0 Å². The standard InChI is InChI=1S/C21H27N3O4/c1-15(2)13-28-19-6-4-3-5-18(19)23-21(26)22-17-7-10-24(11-8-17)20(25)16-9-12-27-14-16/h3-6,9,12,14-15,17H,7-8,10-11,13H2,1-2H3,(H2,22,23,26). The number of carbonyl (C=O) groups excluding carboxylic acids is 2. The van der Waals surface area contributed by atoms with Gasteiger partial charge in [0.25, 0.3) is 5.91 Å². The van der Waals surface area contributed by atoms with Crippen LogP contribution in [0.1, 0.15) is 37.0 Å². The first kappa shape index (κ1) is 19.8. The molecule has 2 N–H and O–H groups in total. The average molecular weight is 385 g/mol. The Bertz CT molecular complexity index is 781. The summed E-state index contributed by atoms with van der Waals surface area (Å²) in [4.78, 5) is 26.5. The lowest BCUT2D eigenvalue weighted by molar-refractivity contribution is 0.0708. The van der Waals surface area contributed by atoms with Crippen molar-refractivity contribution in [3.05, 3.63) is 48.4 Å². The Morgan fingerprint density at radius 2 is 1.96 bits per heavy atom.